The Morgan fingerprint density at radius 2 is 1.91 bits per heavy atom. The smallest absolute Gasteiger partial charge is 0.141 e. The van der Waals surface area contributed by atoms with Gasteiger partial charge in [-0.2, -0.15) is 5.26 Å². The SMILES string of the molecule is COc1ccc(/C(C)=C(\C#N)C(Cl)=NCC2CCCCC2)cc1. The molecule has 1 aliphatic rings. The summed E-state index contributed by atoms with van der Waals surface area (Å²) in [5, 5.41) is 9.79. The second-order valence-corrected chi connectivity index (χ2v) is 6.33. The molecule has 0 aliphatic heterocycles. The summed E-state index contributed by atoms with van der Waals surface area (Å²) >= 11 is 6.31. The van der Waals surface area contributed by atoms with Crippen molar-refractivity contribution in [3.63, 3.8) is 0 Å². The molecule has 1 aliphatic carbocycles. The fraction of sp³-hybridized carbons (Fsp3) is 0.474. The van der Waals surface area contributed by atoms with E-state index in [1.165, 1.54) is 32.1 Å². The predicted molar refractivity (Wildman–Crippen MR) is 95.9 cm³/mol. The molecule has 1 aromatic rings. The van der Waals surface area contributed by atoms with Crippen molar-refractivity contribution in [2.24, 2.45) is 10.9 Å². The first-order valence-corrected chi connectivity index (χ1v) is 8.49. The summed E-state index contributed by atoms with van der Waals surface area (Å²) in [5.41, 5.74) is 2.24. The monoisotopic (exact) mass is 330 g/mol. The van der Waals surface area contributed by atoms with Crippen LogP contribution in [0.2, 0.25) is 0 Å². The largest absolute Gasteiger partial charge is 0.497 e. The number of halogens is 1. The summed E-state index contributed by atoms with van der Waals surface area (Å²) in [4.78, 5) is 4.48. The molecule has 0 spiro atoms. The van der Waals surface area contributed by atoms with Crippen molar-refractivity contribution in [3.05, 3.63) is 35.4 Å². The van der Waals surface area contributed by atoms with Gasteiger partial charge < -0.3 is 4.74 Å². The number of aliphatic imine (C=N–C) groups is 1. The Bertz CT molecular complexity index is 620. The standard InChI is InChI=1S/C19H23ClN2O/c1-14(16-8-10-17(23-2)11-9-16)18(12-21)19(20)22-13-15-6-4-3-5-7-15/h8-11,15H,3-7,13H2,1-2H3/b18-14+,22-19?. The van der Waals surface area contributed by atoms with Crippen LogP contribution in [-0.2, 0) is 0 Å². The number of hydrogen-bond donors (Lipinski definition) is 0. The minimum absolute atomic E-state index is 0.325. The lowest BCUT2D eigenvalue weighted by atomic mass is 9.89. The molecule has 2 rings (SSSR count). The van der Waals surface area contributed by atoms with Crippen LogP contribution in [0.4, 0.5) is 0 Å². The zero-order chi connectivity index (χ0) is 16.7. The van der Waals surface area contributed by atoms with Gasteiger partial charge in [-0.25, -0.2) is 0 Å². The number of nitrogens with zero attached hydrogens (tertiary/aromatic N) is 2. The summed E-state index contributed by atoms with van der Waals surface area (Å²) in [5.74, 6) is 1.40. The lowest BCUT2D eigenvalue weighted by Crippen LogP contribution is -2.10. The molecule has 0 atom stereocenters. The second-order valence-electron chi connectivity index (χ2n) is 5.98. The van der Waals surface area contributed by atoms with Crippen molar-refractivity contribution in [3.8, 4) is 11.8 Å². The van der Waals surface area contributed by atoms with Crippen LogP contribution in [0, 0.1) is 17.2 Å². The predicted octanol–water partition coefficient (Wildman–Crippen LogP) is 5.21. The molecule has 1 saturated carbocycles. The molecule has 4 heteroatoms. The van der Waals surface area contributed by atoms with E-state index in [4.69, 9.17) is 16.3 Å². The lowest BCUT2D eigenvalue weighted by molar-refractivity contribution is 0.367. The van der Waals surface area contributed by atoms with E-state index in [9.17, 15) is 5.26 Å². The number of methoxy groups -OCH3 is 1. The van der Waals surface area contributed by atoms with Gasteiger partial charge in [-0.1, -0.05) is 43.0 Å². The third-order valence-electron chi connectivity index (χ3n) is 4.43. The van der Waals surface area contributed by atoms with Gasteiger partial charge in [0.2, 0.25) is 0 Å². The van der Waals surface area contributed by atoms with Gasteiger partial charge in [0.15, 0.2) is 0 Å². The van der Waals surface area contributed by atoms with Crippen LogP contribution in [0.3, 0.4) is 0 Å². The summed E-state index contributed by atoms with van der Waals surface area (Å²) in [6.45, 7) is 2.62. The minimum Gasteiger partial charge on any atom is -0.497 e. The molecule has 122 valence electrons. The Morgan fingerprint density at radius 3 is 2.48 bits per heavy atom. The third kappa shape index (κ3) is 4.84. The Labute approximate surface area is 143 Å². The van der Waals surface area contributed by atoms with Crippen molar-refractivity contribution in [2.75, 3.05) is 13.7 Å². The van der Waals surface area contributed by atoms with E-state index in [0.29, 0.717) is 16.7 Å². The second kappa shape index (κ2) is 8.74. The van der Waals surface area contributed by atoms with Crippen molar-refractivity contribution in [1.82, 2.24) is 0 Å². The van der Waals surface area contributed by atoms with Gasteiger partial charge >= 0.3 is 0 Å². The molecule has 0 bridgehead atoms. The summed E-state index contributed by atoms with van der Waals surface area (Å²) < 4.78 is 5.16. The average Bonchev–Trinajstić information content (AvgIpc) is 2.61. The van der Waals surface area contributed by atoms with Gasteiger partial charge in [0.1, 0.15) is 17.0 Å². The molecule has 1 fully saturated rings. The molecule has 0 N–H and O–H groups in total. The highest BCUT2D eigenvalue weighted by atomic mass is 35.5. The van der Waals surface area contributed by atoms with Crippen molar-refractivity contribution < 1.29 is 4.74 Å². The van der Waals surface area contributed by atoms with E-state index in [2.05, 4.69) is 11.1 Å². The Morgan fingerprint density at radius 1 is 1.26 bits per heavy atom. The molecule has 0 amide bonds. The van der Waals surface area contributed by atoms with E-state index in [-0.39, 0.29) is 0 Å². The number of nitriles is 1. The molecule has 0 saturated heterocycles. The summed E-state index contributed by atoms with van der Waals surface area (Å²) in [6.07, 6.45) is 6.33. The first-order chi connectivity index (χ1) is 11.2. The maximum Gasteiger partial charge on any atom is 0.141 e. The fourth-order valence-electron chi connectivity index (χ4n) is 2.93. The number of ether oxygens (including phenoxy) is 1. The van der Waals surface area contributed by atoms with E-state index in [0.717, 1.165) is 23.4 Å². The number of allylic oxidation sites excluding steroid dienone is 2. The molecule has 0 aromatic heterocycles. The third-order valence-corrected chi connectivity index (χ3v) is 4.74. The maximum absolute atomic E-state index is 9.47. The van der Waals surface area contributed by atoms with Gasteiger partial charge in [0.25, 0.3) is 0 Å². The van der Waals surface area contributed by atoms with Gasteiger partial charge in [-0.15, -0.1) is 0 Å². The number of hydrogen-bond acceptors (Lipinski definition) is 3. The maximum atomic E-state index is 9.47. The van der Waals surface area contributed by atoms with E-state index in [1.54, 1.807) is 7.11 Å². The first kappa shape index (κ1) is 17.6. The Hall–Kier alpha value is -1.79. The molecule has 1 aromatic carbocycles. The molecule has 0 heterocycles. The minimum atomic E-state index is 0.325. The molecule has 0 radical (unpaired) electrons. The molecule has 0 unspecified atom stereocenters. The summed E-state index contributed by atoms with van der Waals surface area (Å²) in [6, 6.07) is 9.81. The quantitative estimate of drug-likeness (QED) is 0.549. The van der Waals surface area contributed by atoms with Crippen LogP contribution in [0.15, 0.2) is 34.8 Å². The number of rotatable bonds is 5. The molecular weight excluding hydrogens is 308 g/mol. The zero-order valence-electron chi connectivity index (χ0n) is 13.8. The van der Waals surface area contributed by atoms with Gasteiger partial charge in [0.05, 0.1) is 12.7 Å². The average molecular weight is 331 g/mol. The lowest BCUT2D eigenvalue weighted by Gasteiger charge is -2.19. The molecule has 3 nitrogen and oxygen atoms in total. The number of benzene rings is 1. The van der Waals surface area contributed by atoms with Crippen molar-refractivity contribution in [1.29, 1.82) is 5.26 Å². The van der Waals surface area contributed by atoms with E-state index < -0.39 is 0 Å². The first-order valence-electron chi connectivity index (χ1n) is 8.11. The van der Waals surface area contributed by atoms with Crippen LogP contribution >= 0.6 is 11.6 Å². The van der Waals surface area contributed by atoms with Crippen LogP contribution in [-0.4, -0.2) is 18.8 Å². The zero-order valence-corrected chi connectivity index (χ0v) is 14.6. The fourth-order valence-corrected chi connectivity index (χ4v) is 3.18. The van der Waals surface area contributed by atoms with Gasteiger partial charge in [0, 0.05) is 6.54 Å². The Balaban J connectivity index is 2.16. The van der Waals surface area contributed by atoms with Crippen LogP contribution < -0.4 is 4.74 Å². The van der Waals surface area contributed by atoms with Crippen LogP contribution in [0.1, 0.15) is 44.6 Å². The van der Waals surface area contributed by atoms with Gasteiger partial charge in [-0.05, 0) is 49.0 Å². The van der Waals surface area contributed by atoms with Crippen molar-refractivity contribution in [2.45, 2.75) is 39.0 Å². The van der Waals surface area contributed by atoms with Crippen molar-refractivity contribution >= 4 is 22.3 Å². The highest BCUT2D eigenvalue weighted by Gasteiger charge is 2.15. The Kier molecular flexibility index (Phi) is 6.67. The van der Waals surface area contributed by atoms with Crippen LogP contribution in [0.25, 0.3) is 5.57 Å². The molecule has 23 heavy (non-hydrogen) atoms. The highest BCUT2D eigenvalue weighted by molar-refractivity contribution is 6.70. The highest BCUT2D eigenvalue weighted by Crippen LogP contribution is 2.25. The van der Waals surface area contributed by atoms with E-state index in [1.807, 2.05) is 31.2 Å². The molecular formula is C19H23ClN2O. The van der Waals surface area contributed by atoms with Gasteiger partial charge in [-0.3, -0.25) is 4.99 Å². The van der Waals surface area contributed by atoms with E-state index >= 15 is 0 Å². The summed E-state index contributed by atoms with van der Waals surface area (Å²) in [7, 11) is 1.63. The topological polar surface area (TPSA) is 45.4 Å². The normalized spacial score (nSPS) is 17.4. The van der Waals surface area contributed by atoms with Crippen LogP contribution in [0.5, 0.6) is 5.75 Å².